The van der Waals surface area contributed by atoms with E-state index in [0.29, 0.717) is 16.8 Å². The van der Waals surface area contributed by atoms with Crippen LogP contribution in [0, 0.1) is 25.2 Å². The minimum atomic E-state index is -4.92. The zero-order valence-corrected chi connectivity index (χ0v) is 20.8. The van der Waals surface area contributed by atoms with Crippen molar-refractivity contribution in [1.29, 1.82) is 0 Å². The van der Waals surface area contributed by atoms with Crippen molar-refractivity contribution < 1.29 is 45.4 Å². The van der Waals surface area contributed by atoms with Crippen molar-refractivity contribution in [1.82, 2.24) is 0 Å². The van der Waals surface area contributed by atoms with Crippen LogP contribution in [0.4, 0.5) is 32.0 Å². The molecule has 0 N–H and O–H groups in total. The second-order valence-corrected chi connectivity index (χ2v) is 9.91. The monoisotopic (exact) mass is 549 g/mol. The second-order valence-electron chi connectivity index (χ2n) is 9.91. The molecule has 0 bridgehead atoms. The van der Waals surface area contributed by atoms with Crippen LogP contribution in [0.15, 0.2) is 66.7 Å². The number of hydrogen-bond donors (Lipinski definition) is 0. The lowest BCUT2D eigenvalue weighted by atomic mass is 9.79. The molecular formula is C28H21F6NO4. The Bertz CT molecular complexity index is 1380. The highest BCUT2D eigenvalue weighted by Gasteiger charge is 2.86. The summed E-state index contributed by atoms with van der Waals surface area (Å²) in [6.45, 7) is 5.23. The number of alkyl halides is 6. The lowest BCUT2D eigenvalue weighted by molar-refractivity contribution is -0.275. The van der Waals surface area contributed by atoms with Gasteiger partial charge in [-0.25, -0.2) is 4.90 Å². The quantitative estimate of drug-likeness (QED) is 0.266. The maximum Gasteiger partial charge on any atom is 0.573 e. The summed E-state index contributed by atoms with van der Waals surface area (Å²) in [7, 11) is 0. The van der Waals surface area contributed by atoms with E-state index in [1.807, 2.05) is 19.9 Å². The Labute approximate surface area is 218 Å². The van der Waals surface area contributed by atoms with Gasteiger partial charge in [0, 0.05) is 5.41 Å². The summed E-state index contributed by atoms with van der Waals surface area (Å²) in [4.78, 5) is 28.8. The first kappa shape index (κ1) is 26.6. The van der Waals surface area contributed by atoms with Crippen LogP contribution >= 0.6 is 0 Å². The van der Waals surface area contributed by atoms with E-state index in [4.69, 9.17) is 0 Å². The van der Waals surface area contributed by atoms with E-state index in [-0.39, 0.29) is 0 Å². The number of fused-ring (bicyclic) bond motifs is 1. The predicted octanol–water partition coefficient (Wildman–Crippen LogP) is 6.60. The van der Waals surface area contributed by atoms with Gasteiger partial charge in [-0.3, -0.25) is 9.59 Å². The van der Waals surface area contributed by atoms with Crippen molar-refractivity contribution in [2.45, 2.75) is 38.9 Å². The molecule has 0 spiro atoms. The predicted molar refractivity (Wildman–Crippen MR) is 127 cm³/mol. The van der Waals surface area contributed by atoms with Crippen molar-refractivity contribution in [2.75, 3.05) is 4.90 Å². The number of carbonyl (C=O) groups is 2. The van der Waals surface area contributed by atoms with Gasteiger partial charge < -0.3 is 9.47 Å². The zero-order chi connectivity index (χ0) is 28.5. The number of ether oxygens (including phenoxy) is 2. The van der Waals surface area contributed by atoms with Gasteiger partial charge in [0.1, 0.15) is 11.5 Å². The standard InChI is InChI=1S/C28H21F6NO4/c1-15-12-16(2)14-19(13-15)35-23(36)22-25(3,24(35)37)26(22,17-4-8-20(9-5-17)38-27(29,30)31)18-6-10-21(11-7-18)39-28(32,33)34/h4-14,22H,1-3H3/t22-,25-/m1/s1. The molecule has 5 nitrogen and oxygen atoms in total. The minimum absolute atomic E-state index is 0.343. The highest BCUT2D eigenvalue weighted by atomic mass is 19.4. The molecule has 39 heavy (non-hydrogen) atoms. The molecule has 1 saturated heterocycles. The van der Waals surface area contributed by atoms with Gasteiger partial charge in [0.05, 0.1) is 17.0 Å². The van der Waals surface area contributed by atoms with Crippen LogP contribution in [0.2, 0.25) is 0 Å². The van der Waals surface area contributed by atoms with Gasteiger partial charge in [-0.15, -0.1) is 26.3 Å². The fourth-order valence-corrected chi connectivity index (χ4v) is 6.07. The smallest absolute Gasteiger partial charge is 0.406 e. The van der Waals surface area contributed by atoms with Gasteiger partial charge in [-0.1, -0.05) is 30.3 Å². The second kappa shape index (κ2) is 8.49. The first-order valence-corrected chi connectivity index (χ1v) is 11.8. The number of hydrogen-bond acceptors (Lipinski definition) is 4. The van der Waals surface area contributed by atoms with Crippen molar-refractivity contribution >= 4 is 17.5 Å². The summed E-state index contributed by atoms with van der Waals surface area (Å²) in [5.74, 6) is -2.99. The molecular weight excluding hydrogens is 528 g/mol. The van der Waals surface area contributed by atoms with Gasteiger partial charge in [0.15, 0.2) is 0 Å². The van der Waals surface area contributed by atoms with Crippen molar-refractivity contribution in [3.8, 4) is 11.5 Å². The van der Waals surface area contributed by atoms with E-state index < -0.39 is 52.8 Å². The van der Waals surface area contributed by atoms with Crippen molar-refractivity contribution in [2.24, 2.45) is 11.3 Å². The Morgan fingerprint density at radius 2 is 1.13 bits per heavy atom. The Balaban J connectivity index is 1.60. The van der Waals surface area contributed by atoms with Gasteiger partial charge in [0.2, 0.25) is 11.8 Å². The summed E-state index contributed by atoms with van der Waals surface area (Å²) in [6, 6.07) is 14.9. The van der Waals surface area contributed by atoms with E-state index >= 15 is 0 Å². The Morgan fingerprint density at radius 3 is 1.46 bits per heavy atom. The molecule has 3 aromatic rings. The molecule has 0 unspecified atom stereocenters. The summed E-state index contributed by atoms with van der Waals surface area (Å²) in [5, 5.41) is 0. The molecule has 3 aromatic carbocycles. The zero-order valence-electron chi connectivity index (χ0n) is 20.8. The minimum Gasteiger partial charge on any atom is -0.406 e. The Hall–Kier alpha value is -4.02. The number of piperidine rings is 1. The van der Waals surface area contributed by atoms with E-state index in [0.717, 1.165) is 40.3 Å². The maximum absolute atomic E-state index is 13.9. The van der Waals surface area contributed by atoms with Gasteiger partial charge in [-0.05, 0) is 79.4 Å². The summed E-state index contributed by atoms with van der Waals surface area (Å²) >= 11 is 0. The van der Waals surface area contributed by atoms with E-state index in [9.17, 15) is 35.9 Å². The number of halogens is 6. The Kier molecular flexibility index (Phi) is 5.79. The number of anilines is 1. The van der Waals surface area contributed by atoms with Crippen LogP contribution < -0.4 is 14.4 Å². The molecule has 2 atom stereocenters. The highest BCUT2D eigenvalue weighted by Crippen LogP contribution is 2.76. The van der Waals surface area contributed by atoms with Crippen LogP contribution in [0.1, 0.15) is 29.2 Å². The SMILES string of the molecule is Cc1cc(C)cc(N2C(=O)[C@H]3C(c4ccc(OC(F)(F)F)cc4)(c4ccc(OC(F)(F)F)cc4)[C@@]3(C)C2=O)c1. The number of benzene rings is 3. The van der Waals surface area contributed by atoms with Crippen LogP contribution in [0.5, 0.6) is 11.5 Å². The molecule has 204 valence electrons. The number of nitrogens with zero attached hydrogens (tertiary/aromatic N) is 1. The molecule has 1 heterocycles. The lowest BCUT2D eigenvalue weighted by Gasteiger charge is -2.30. The van der Waals surface area contributed by atoms with E-state index in [2.05, 4.69) is 9.47 Å². The fourth-order valence-electron chi connectivity index (χ4n) is 6.07. The van der Waals surface area contributed by atoms with Crippen molar-refractivity contribution in [3.63, 3.8) is 0 Å². The van der Waals surface area contributed by atoms with Crippen LogP contribution in [0.25, 0.3) is 0 Å². The largest absolute Gasteiger partial charge is 0.573 e. The number of aryl methyl sites for hydroxylation is 2. The molecule has 11 heteroatoms. The molecule has 2 fully saturated rings. The van der Waals surface area contributed by atoms with Gasteiger partial charge in [-0.2, -0.15) is 0 Å². The first-order chi connectivity index (χ1) is 18.1. The van der Waals surface area contributed by atoms with Crippen molar-refractivity contribution in [3.05, 3.63) is 89.0 Å². The molecule has 5 rings (SSSR count). The summed E-state index contributed by atoms with van der Waals surface area (Å²) in [6.07, 6.45) is -9.85. The van der Waals surface area contributed by atoms with E-state index in [1.54, 1.807) is 19.1 Å². The topological polar surface area (TPSA) is 55.8 Å². The Morgan fingerprint density at radius 1 is 0.718 bits per heavy atom. The average molecular weight is 549 g/mol. The highest BCUT2D eigenvalue weighted by molar-refractivity contribution is 6.29. The average Bonchev–Trinajstić information content (AvgIpc) is 3.31. The molecule has 2 amide bonds. The molecule has 2 aliphatic rings. The van der Waals surface area contributed by atoms with Gasteiger partial charge >= 0.3 is 12.7 Å². The maximum atomic E-state index is 13.9. The molecule has 0 radical (unpaired) electrons. The molecule has 1 aliphatic carbocycles. The third kappa shape index (κ3) is 4.20. The van der Waals surface area contributed by atoms with Crippen LogP contribution in [-0.2, 0) is 15.0 Å². The lowest BCUT2D eigenvalue weighted by Crippen LogP contribution is -2.42. The first-order valence-electron chi connectivity index (χ1n) is 11.8. The summed E-state index contributed by atoms with van der Waals surface area (Å²) in [5.41, 5.74) is 0.0513. The van der Waals surface area contributed by atoms with Crippen LogP contribution in [-0.4, -0.2) is 24.5 Å². The third-order valence-electron chi connectivity index (χ3n) is 7.41. The normalized spacial score (nSPS) is 22.1. The number of rotatable bonds is 5. The molecule has 1 aliphatic heterocycles. The number of imide groups is 1. The molecule has 0 aromatic heterocycles. The van der Waals surface area contributed by atoms with Crippen LogP contribution in [0.3, 0.4) is 0 Å². The van der Waals surface area contributed by atoms with E-state index in [1.165, 1.54) is 24.3 Å². The third-order valence-corrected chi connectivity index (χ3v) is 7.41. The number of carbonyl (C=O) groups excluding carboxylic acids is 2. The van der Waals surface area contributed by atoms with Gasteiger partial charge in [0.25, 0.3) is 0 Å². The number of amides is 2. The fraction of sp³-hybridized carbons (Fsp3) is 0.286. The molecule has 1 saturated carbocycles. The summed E-state index contributed by atoms with van der Waals surface area (Å²) < 4.78 is 84.2.